The highest BCUT2D eigenvalue weighted by Crippen LogP contribution is 2.32. The molecule has 1 saturated heterocycles. The van der Waals surface area contributed by atoms with Gasteiger partial charge >= 0.3 is 6.09 Å². The van der Waals surface area contributed by atoms with Crippen molar-refractivity contribution in [3.63, 3.8) is 0 Å². The molecule has 0 unspecified atom stereocenters. The maximum atomic E-state index is 13.5. The lowest BCUT2D eigenvalue weighted by Crippen LogP contribution is -2.49. The first-order valence-corrected chi connectivity index (χ1v) is 15.9. The molecule has 1 fully saturated rings. The summed E-state index contributed by atoms with van der Waals surface area (Å²) in [5.74, 6) is 1.45. The summed E-state index contributed by atoms with van der Waals surface area (Å²) in [6.45, 7) is 12.2. The van der Waals surface area contributed by atoms with Gasteiger partial charge in [0.1, 0.15) is 18.8 Å². The Morgan fingerprint density at radius 1 is 0.889 bits per heavy atom. The molecule has 0 atom stereocenters. The van der Waals surface area contributed by atoms with Gasteiger partial charge in [0.15, 0.2) is 11.5 Å². The van der Waals surface area contributed by atoms with E-state index in [9.17, 15) is 9.59 Å². The summed E-state index contributed by atoms with van der Waals surface area (Å²) >= 11 is 0. The second kappa shape index (κ2) is 13.0. The van der Waals surface area contributed by atoms with Crippen LogP contribution in [0.15, 0.2) is 77.6 Å². The van der Waals surface area contributed by atoms with Crippen LogP contribution in [0.1, 0.15) is 44.7 Å². The lowest BCUT2D eigenvalue weighted by atomic mass is 10.0. The van der Waals surface area contributed by atoms with Crippen molar-refractivity contribution in [1.29, 1.82) is 0 Å². The lowest BCUT2D eigenvalue weighted by molar-refractivity contribution is 0.00562. The smallest absolute Gasteiger partial charge is 0.410 e. The highest BCUT2D eigenvalue weighted by Gasteiger charge is 2.31. The minimum absolute atomic E-state index is 0.0237. The van der Waals surface area contributed by atoms with E-state index < -0.39 is 5.60 Å². The van der Waals surface area contributed by atoms with Crippen LogP contribution in [0.25, 0.3) is 22.0 Å². The van der Waals surface area contributed by atoms with Crippen LogP contribution in [0.3, 0.4) is 0 Å². The third kappa shape index (κ3) is 7.17. The first-order chi connectivity index (χ1) is 21.6. The fourth-order valence-corrected chi connectivity index (χ4v) is 6.33. The zero-order valence-corrected chi connectivity index (χ0v) is 26.8. The van der Waals surface area contributed by atoms with Gasteiger partial charge in [0.2, 0.25) is 0 Å². The predicted molar refractivity (Wildman–Crippen MR) is 177 cm³/mol. The zero-order valence-electron chi connectivity index (χ0n) is 26.8. The van der Waals surface area contributed by atoms with Crippen LogP contribution in [-0.2, 0) is 17.8 Å². The van der Waals surface area contributed by atoms with E-state index in [0.29, 0.717) is 32.1 Å². The molecule has 236 valence electrons. The Morgan fingerprint density at radius 3 is 2.36 bits per heavy atom. The predicted octanol–water partition coefficient (Wildman–Crippen LogP) is 6.65. The molecule has 2 aliphatic heterocycles. The van der Waals surface area contributed by atoms with Crippen LogP contribution in [-0.4, -0.2) is 65.0 Å². The molecule has 0 spiro atoms. The molecule has 3 aromatic carbocycles. The third-order valence-corrected chi connectivity index (χ3v) is 8.65. The molecule has 2 aliphatic rings. The van der Waals surface area contributed by atoms with E-state index >= 15 is 0 Å². The molecule has 4 aromatic rings. The minimum atomic E-state index is -0.590. The maximum absolute atomic E-state index is 13.5. The van der Waals surface area contributed by atoms with Crippen LogP contribution in [0.2, 0.25) is 0 Å². The van der Waals surface area contributed by atoms with E-state index in [1.165, 1.54) is 0 Å². The van der Waals surface area contributed by atoms with Gasteiger partial charge in [0, 0.05) is 50.2 Å². The minimum Gasteiger partial charge on any atom is -0.486 e. The summed E-state index contributed by atoms with van der Waals surface area (Å²) in [6, 6.07) is 24.3. The SMILES string of the molecule is Cc1cc(=O)n(CCN2CCC(N(Cc3ccc4c(c3)OCCO4)C(=O)OC(C)(C)C)CC2)c2cc(-c3ccccc3)ccc12. The second-order valence-corrected chi connectivity index (χ2v) is 13.1. The average Bonchev–Trinajstić information content (AvgIpc) is 3.03. The molecular formula is C37H43N3O5. The van der Waals surface area contributed by atoms with E-state index in [4.69, 9.17) is 14.2 Å². The topological polar surface area (TPSA) is 73.2 Å². The summed E-state index contributed by atoms with van der Waals surface area (Å²) in [7, 11) is 0. The molecule has 1 amide bonds. The van der Waals surface area contributed by atoms with E-state index in [2.05, 4.69) is 35.2 Å². The molecule has 6 rings (SSSR count). The monoisotopic (exact) mass is 609 g/mol. The van der Waals surface area contributed by atoms with Crippen molar-refractivity contribution in [2.24, 2.45) is 0 Å². The summed E-state index contributed by atoms with van der Waals surface area (Å²) in [5.41, 5.74) is 4.60. The molecule has 0 N–H and O–H groups in total. The Hall–Kier alpha value is -4.30. The van der Waals surface area contributed by atoms with Gasteiger partial charge in [-0.1, -0.05) is 48.5 Å². The zero-order chi connectivity index (χ0) is 31.6. The quantitative estimate of drug-likeness (QED) is 0.234. The number of fused-ring (bicyclic) bond motifs is 2. The highest BCUT2D eigenvalue weighted by atomic mass is 16.6. The molecule has 3 heterocycles. The number of aromatic nitrogens is 1. The molecule has 0 radical (unpaired) electrons. The number of rotatable bonds is 7. The van der Waals surface area contributed by atoms with Gasteiger partial charge in [0.05, 0.1) is 5.52 Å². The number of piperidine rings is 1. The number of hydrogen-bond acceptors (Lipinski definition) is 6. The number of pyridine rings is 1. The van der Waals surface area contributed by atoms with Gasteiger partial charge in [-0.15, -0.1) is 0 Å². The van der Waals surface area contributed by atoms with Crippen molar-refractivity contribution in [2.75, 3.05) is 32.8 Å². The Balaban J connectivity index is 1.15. The first kappa shape index (κ1) is 30.7. The molecule has 1 aromatic heterocycles. The van der Waals surface area contributed by atoms with Gasteiger partial charge in [-0.05, 0) is 81.0 Å². The maximum Gasteiger partial charge on any atom is 0.410 e. The number of carbonyl (C=O) groups excluding carboxylic acids is 1. The summed E-state index contributed by atoms with van der Waals surface area (Å²) < 4.78 is 19.2. The average molecular weight is 610 g/mol. The fraction of sp³-hybridized carbons (Fsp3) is 0.405. The molecular weight excluding hydrogens is 566 g/mol. The van der Waals surface area contributed by atoms with Crippen molar-refractivity contribution in [2.45, 2.75) is 65.3 Å². The molecule has 0 aliphatic carbocycles. The number of ether oxygens (including phenoxy) is 3. The van der Waals surface area contributed by atoms with Crippen molar-refractivity contribution in [1.82, 2.24) is 14.4 Å². The number of nitrogens with zero attached hydrogens (tertiary/aromatic N) is 3. The van der Waals surface area contributed by atoms with Crippen LogP contribution in [0.4, 0.5) is 4.79 Å². The van der Waals surface area contributed by atoms with Crippen LogP contribution in [0.5, 0.6) is 11.5 Å². The van der Waals surface area contributed by atoms with Crippen molar-refractivity contribution >= 4 is 17.0 Å². The number of aryl methyl sites for hydroxylation is 1. The van der Waals surface area contributed by atoms with Crippen molar-refractivity contribution in [3.05, 3.63) is 94.3 Å². The van der Waals surface area contributed by atoms with Crippen LogP contribution in [0, 0.1) is 6.92 Å². The number of amides is 1. The molecule has 0 bridgehead atoms. The van der Waals surface area contributed by atoms with E-state index in [1.807, 2.05) is 73.6 Å². The number of hydrogen-bond donors (Lipinski definition) is 0. The van der Waals surface area contributed by atoms with Gasteiger partial charge in [0.25, 0.3) is 5.56 Å². The summed E-state index contributed by atoms with van der Waals surface area (Å²) in [4.78, 5) is 31.0. The second-order valence-electron chi connectivity index (χ2n) is 13.1. The van der Waals surface area contributed by atoms with Crippen LogP contribution >= 0.6 is 0 Å². The standard InChI is InChI=1S/C37H43N3O5/c1-26-22-35(41)39(32-24-29(11-12-31(26)32)28-8-6-5-7-9-28)19-18-38-16-14-30(15-17-38)40(36(42)45-37(2,3)4)25-27-10-13-33-34(23-27)44-21-20-43-33/h5-13,22-24,30H,14-21,25H2,1-4H3. The lowest BCUT2D eigenvalue weighted by Gasteiger charge is -2.39. The summed E-state index contributed by atoms with van der Waals surface area (Å²) in [6.07, 6.45) is 1.35. The molecule has 8 nitrogen and oxygen atoms in total. The third-order valence-electron chi connectivity index (χ3n) is 8.65. The van der Waals surface area contributed by atoms with Crippen molar-refractivity contribution < 1.29 is 19.0 Å². The number of carbonyl (C=O) groups is 1. The van der Waals surface area contributed by atoms with E-state index in [-0.39, 0.29) is 17.7 Å². The van der Waals surface area contributed by atoms with Gasteiger partial charge in [-0.2, -0.15) is 0 Å². The number of benzene rings is 3. The normalized spacial score (nSPS) is 15.6. The fourth-order valence-electron chi connectivity index (χ4n) is 6.33. The summed E-state index contributed by atoms with van der Waals surface area (Å²) in [5, 5.41) is 1.10. The van der Waals surface area contributed by atoms with Crippen molar-refractivity contribution in [3.8, 4) is 22.6 Å². The van der Waals surface area contributed by atoms with E-state index in [1.54, 1.807) is 6.07 Å². The number of likely N-dealkylation sites (tertiary alicyclic amines) is 1. The Bertz CT molecular complexity index is 1720. The Labute approximate surface area is 265 Å². The van der Waals surface area contributed by atoms with Crippen LogP contribution < -0.4 is 15.0 Å². The highest BCUT2D eigenvalue weighted by molar-refractivity contribution is 5.87. The van der Waals surface area contributed by atoms with Gasteiger partial charge < -0.3 is 28.6 Å². The van der Waals surface area contributed by atoms with Gasteiger partial charge in [-0.25, -0.2) is 4.79 Å². The Kier molecular flexibility index (Phi) is 8.85. The Morgan fingerprint density at radius 2 is 1.62 bits per heavy atom. The largest absolute Gasteiger partial charge is 0.486 e. The molecule has 0 saturated carbocycles. The molecule has 8 heteroatoms. The van der Waals surface area contributed by atoms with E-state index in [0.717, 1.165) is 71.4 Å². The van der Waals surface area contributed by atoms with Gasteiger partial charge in [-0.3, -0.25) is 4.79 Å². The molecule has 45 heavy (non-hydrogen) atoms. The first-order valence-electron chi connectivity index (χ1n) is 15.9.